The second kappa shape index (κ2) is 24.1. The molecule has 76 heavy (non-hydrogen) atoms. The number of rotatable bonds is 15. The van der Waals surface area contributed by atoms with Crippen molar-refractivity contribution < 1.29 is 33.0 Å². The Balaban J connectivity index is 0.000000249. The van der Waals surface area contributed by atoms with E-state index in [1.165, 1.54) is 30.5 Å². The van der Waals surface area contributed by atoms with Crippen LogP contribution in [-0.2, 0) is 37.0 Å². The molecule has 6 aromatic heterocycles. The van der Waals surface area contributed by atoms with E-state index in [-0.39, 0.29) is 71.4 Å². The lowest BCUT2D eigenvalue weighted by molar-refractivity contribution is 0.0695. The standard InChI is InChI=1S/C27H37FN6O2Si.C21H24FN5O3Si.C6H15N.ClH/c1-17(27(2,3)4)30-26(35)20-15-34(16-36-11-12-37(6,7)8)25-24(20)31-21(14-29-25)23-19-10-9-18(28)13-22(19)33(5)32-23;1-26-17-9-13(22)5-6-14(17)18(25-26)16-10-23-20-19(24-16)15(21(28)29)11-27(20)12-30-7-8-31(2,3)4;1-5(7)6(2,3)4;/h9-10,13-15,17H,11-12,16H2,1-8H3,(H,30,35);5-6,9-11H,7-8,12H2,1-4H3,(H,28,29);5H,7H2,1-4H3;1H/t17-;;5-;/m0.0./s1. The largest absolute Gasteiger partial charge is 0.478 e. The molecule has 1 amide bonds. The molecule has 2 aromatic carbocycles. The third-order valence-electron chi connectivity index (χ3n) is 13.2. The van der Waals surface area contributed by atoms with Gasteiger partial charge in [0.1, 0.15) is 64.5 Å². The fourth-order valence-electron chi connectivity index (χ4n) is 7.26. The molecule has 4 N–H and O–H groups in total. The fraction of sp³-hybridized carbons (Fsp3) is 0.481. The summed E-state index contributed by atoms with van der Waals surface area (Å²) in [4.78, 5) is 43.8. The molecule has 0 spiro atoms. The van der Waals surface area contributed by atoms with Crippen molar-refractivity contribution in [2.45, 2.75) is 132 Å². The van der Waals surface area contributed by atoms with Gasteiger partial charge in [-0.2, -0.15) is 10.2 Å². The molecule has 0 saturated carbocycles. The summed E-state index contributed by atoms with van der Waals surface area (Å²) in [5, 5.41) is 23.3. The summed E-state index contributed by atoms with van der Waals surface area (Å²) in [5.41, 5.74) is 11.3. The molecule has 0 aliphatic heterocycles. The van der Waals surface area contributed by atoms with E-state index >= 15 is 0 Å². The molecule has 0 aliphatic carbocycles. The highest BCUT2D eigenvalue weighted by Crippen LogP contribution is 2.31. The van der Waals surface area contributed by atoms with Gasteiger partial charge in [0.25, 0.3) is 5.91 Å². The number of benzene rings is 2. The van der Waals surface area contributed by atoms with E-state index < -0.39 is 22.1 Å². The molecule has 0 saturated heterocycles. The van der Waals surface area contributed by atoms with E-state index in [0.717, 1.165) is 17.5 Å². The van der Waals surface area contributed by atoms with Gasteiger partial charge in [-0.05, 0) is 73.2 Å². The number of ether oxygens (including phenoxy) is 2. The molecule has 2 atom stereocenters. The molecule has 0 unspecified atom stereocenters. The summed E-state index contributed by atoms with van der Waals surface area (Å²) in [5.74, 6) is -2.00. The number of halogens is 3. The van der Waals surface area contributed by atoms with E-state index in [2.05, 4.69) is 111 Å². The number of carboxylic acids is 1. The zero-order valence-electron chi connectivity index (χ0n) is 47.0. The predicted octanol–water partition coefficient (Wildman–Crippen LogP) is 11.5. The summed E-state index contributed by atoms with van der Waals surface area (Å²) in [6.45, 7) is 32.2. The molecule has 22 heteroatoms. The zero-order valence-corrected chi connectivity index (χ0v) is 49.8. The van der Waals surface area contributed by atoms with Gasteiger partial charge in [-0.3, -0.25) is 14.2 Å². The number of aromatic nitrogens is 10. The fourth-order valence-corrected chi connectivity index (χ4v) is 8.78. The first-order chi connectivity index (χ1) is 34.8. The molecule has 0 aliphatic rings. The van der Waals surface area contributed by atoms with Crippen LogP contribution in [0.15, 0.2) is 61.2 Å². The summed E-state index contributed by atoms with van der Waals surface area (Å²) in [6.07, 6.45) is 6.46. The van der Waals surface area contributed by atoms with Crippen LogP contribution in [0.4, 0.5) is 8.78 Å². The molecule has 17 nitrogen and oxygen atoms in total. The number of carbonyl (C=O) groups excluding carboxylic acids is 1. The number of nitrogens with zero attached hydrogens (tertiary/aromatic N) is 10. The number of nitrogens with one attached hydrogen (secondary N) is 1. The molecular weight excluding hydrogens is 1030 g/mol. The minimum Gasteiger partial charge on any atom is -0.478 e. The maximum Gasteiger partial charge on any atom is 0.339 e. The number of fused-ring (bicyclic) bond motifs is 4. The van der Waals surface area contributed by atoms with Crippen LogP contribution in [0.3, 0.4) is 0 Å². The number of amides is 1. The maximum absolute atomic E-state index is 13.8. The van der Waals surface area contributed by atoms with Crippen molar-refractivity contribution in [1.82, 2.24) is 53.9 Å². The van der Waals surface area contributed by atoms with Gasteiger partial charge in [0.05, 0.1) is 29.0 Å². The van der Waals surface area contributed by atoms with E-state index in [0.29, 0.717) is 80.8 Å². The quantitative estimate of drug-likeness (QED) is 0.0647. The lowest BCUT2D eigenvalue weighted by atomic mass is 9.88. The lowest BCUT2D eigenvalue weighted by Gasteiger charge is -2.27. The van der Waals surface area contributed by atoms with Crippen LogP contribution in [0.1, 0.15) is 76.1 Å². The average molecular weight is 1100 g/mol. The number of hydrogen-bond donors (Lipinski definition) is 3. The normalized spacial score (nSPS) is 13.0. The van der Waals surface area contributed by atoms with Gasteiger partial charge in [-0.25, -0.2) is 33.5 Å². The number of hydrogen-bond acceptors (Lipinski definition) is 11. The van der Waals surface area contributed by atoms with Gasteiger partial charge in [-0.1, -0.05) is 80.8 Å². The molecule has 412 valence electrons. The first-order valence-electron chi connectivity index (χ1n) is 25.2. The predicted molar refractivity (Wildman–Crippen MR) is 306 cm³/mol. The van der Waals surface area contributed by atoms with E-state index in [1.807, 2.05) is 18.4 Å². The smallest absolute Gasteiger partial charge is 0.339 e. The van der Waals surface area contributed by atoms with Crippen molar-refractivity contribution in [3.8, 4) is 22.8 Å². The molecule has 0 radical (unpaired) electrons. The van der Waals surface area contributed by atoms with E-state index in [9.17, 15) is 23.5 Å². The Bertz CT molecular complexity index is 3330. The molecule has 0 bridgehead atoms. The van der Waals surface area contributed by atoms with Crippen LogP contribution >= 0.6 is 12.4 Å². The zero-order chi connectivity index (χ0) is 55.5. The van der Waals surface area contributed by atoms with Crippen LogP contribution in [0.5, 0.6) is 0 Å². The van der Waals surface area contributed by atoms with Gasteiger partial charge in [0.2, 0.25) is 0 Å². The van der Waals surface area contributed by atoms with Gasteiger partial charge in [0, 0.05) is 78.7 Å². The van der Waals surface area contributed by atoms with Gasteiger partial charge < -0.3 is 34.8 Å². The second-order valence-corrected chi connectivity index (χ2v) is 35.1. The maximum atomic E-state index is 13.8. The Hall–Kier alpha value is -5.98. The van der Waals surface area contributed by atoms with Crippen molar-refractivity contribution in [3.05, 3.63) is 83.9 Å². The Morgan fingerprint density at radius 2 is 1.09 bits per heavy atom. The van der Waals surface area contributed by atoms with Gasteiger partial charge in [0.15, 0.2) is 11.3 Å². The third-order valence-corrected chi connectivity index (χ3v) is 16.6. The summed E-state index contributed by atoms with van der Waals surface area (Å²) >= 11 is 0. The minimum atomic E-state index is -1.23. The first kappa shape index (κ1) is 60.9. The molecule has 8 rings (SSSR count). The highest BCUT2D eigenvalue weighted by atomic mass is 35.5. The number of nitrogens with two attached hydrogens (primary N) is 1. The number of aryl methyl sites for hydroxylation is 2. The Morgan fingerprint density at radius 3 is 1.46 bits per heavy atom. The summed E-state index contributed by atoms with van der Waals surface area (Å²) in [6, 6.07) is 11.2. The van der Waals surface area contributed by atoms with Crippen LogP contribution in [0, 0.1) is 22.5 Å². The Labute approximate surface area is 452 Å². The summed E-state index contributed by atoms with van der Waals surface area (Å²) in [7, 11) is 1.03. The molecule has 6 heterocycles. The Morgan fingerprint density at radius 1 is 0.697 bits per heavy atom. The van der Waals surface area contributed by atoms with E-state index in [1.54, 1.807) is 58.7 Å². The van der Waals surface area contributed by atoms with Crippen molar-refractivity contribution in [2.75, 3.05) is 13.2 Å². The summed E-state index contributed by atoms with van der Waals surface area (Å²) < 4.78 is 45.9. The molecule has 0 fully saturated rings. The topological polar surface area (TPSA) is 208 Å². The Kier molecular flexibility index (Phi) is 19.3. The molecular formula is C54H77ClF2N12O5Si2. The van der Waals surface area contributed by atoms with Crippen molar-refractivity contribution in [2.24, 2.45) is 30.7 Å². The minimum absolute atomic E-state index is 0. The monoisotopic (exact) mass is 1100 g/mol. The average Bonchev–Trinajstić information content (AvgIpc) is 4.05. The SMILES string of the molecule is C[C@H](N)C(C)(C)C.C[C@H](NC(=O)c1cn(COCC[Si](C)(C)C)c2ncc(-c3nn(C)c4cc(F)ccc34)nc12)C(C)(C)C.Cl.Cn1nc(-c2cnc3c(n2)c(C(=O)O)cn3COCC[Si](C)(C)C)c2ccc(F)cc21. The highest BCUT2D eigenvalue weighted by molar-refractivity contribution is 6.76. The van der Waals surface area contributed by atoms with Gasteiger partial charge in [-0.15, -0.1) is 12.4 Å². The van der Waals surface area contributed by atoms with Crippen LogP contribution in [0.2, 0.25) is 51.4 Å². The van der Waals surface area contributed by atoms with Crippen LogP contribution < -0.4 is 11.1 Å². The number of carboxylic acid groups (broad SMARTS) is 1. The third kappa shape index (κ3) is 15.1. The van der Waals surface area contributed by atoms with Crippen LogP contribution in [-0.4, -0.2) is 107 Å². The molecule has 8 aromatic rings. The van der Waals surface area contributed by atoms with Crippen molar-refractivity contribution >= 4 is 84.6 Å². The van der Waals surface area contributed by atoms with E-state index in [4.69, 9.17) is 20.2 Å². The van der Waals surface area contributed by atoms with Crippen LogP contribution in [0.25, 0.3) is 66.9 Å². The first-order valence-corrected chi connectivity index (χ1v) is 32.7. The highest BCUT2D eigenvalue weighted by Gasteiger charge is 2.27. The van der Waals surface area contributed by atoms with Crippen molar-refractivity contribution in [1.29, 1.82) is 0 Å². The van der Waals surface area contributed by atoms with Gasteiger partial charge >= 0.3 is 5.97 Å². The number of aromatic carboxylic acids is 1. The lowest BCUT2D eigenvalue weighted by Crippen LogP contribution is -2.41. The van der Waals surface area contributed by atoms with Crippen molar-refractivity contribution in [3.63, 3.8) is 0 Å². The second-order valence-electron chi connectivity index (χ2n) is 23.9. The number of carbonyl (C=O) groups is 2.